The number of hydrogen-bond acceptors (Lipinski definition) is 5. The molecular formula is C20H24N6O3. The Balaban J connectivity index is 1.67. The number of fused-ring (bicyclic) bond motifs is 1. The van der Waals surface area contributed by atoms with E-state index in [4.69, 9.17) is 0 Å². The lowest BCUT2D eigenvalue weighted by Gasteiger charge is -2.34. The molecule has 1 aliphatic heterocycles. The van der Waals surface area contributed by atoms with Gasteiger partial charge in [-0.05, 0) is 18.9 Å². The van der Waals surface area contributed by atoms with Crippen molar-refractivity contribution in [2.24, 2.45) is 0 Å². The number of aromatic amines is 1. The topological polar surface area (TPSA) is 107 Å². The largest absolute Gasteiger partial charge is 0.508 e. The zero-order valence-corrected chi connectivity index (χ0v) is 16.5. The van der Waals surface area contributed by atoms with Gasteiger partial charge < -0.3 is 19.9 Å². The third-order valence-electron chi connectivity index (χ3n) is 5.26. The number of benzene rings is 1. The number of nitrogens with one attached hydrogen (secondary N) is 1. The second kappa shape index (κ2) is 7.57. The summed E-state index contributed by atoms with van der Waals surface area (Å²) in [4.78, 5) is 35.7. The molecule has 9 heteroatoms. The van der Waals surface area contributed by atoms with Crippen LogP contribution in [0.3, 0.4) is 0 Å². The summed E-state index contributed by atoms with van der Waals surface area (Å²) in [6, 6.07) is 6.90. The minimum Gasteiger partial charge on any atom is -0.508 e. The van der Waals surface area contributed by atoms with Crippen LogP contribution in [0.25, 0.3) is 11.0 Å². The Labute approximate surface area is 167 Å². The van der Waals surface area contributed by atoms with Crippen LogP contribution in [0.15, 0.2) is 35.3 Å². The van der Waals surface area contributed by atoms with E-state index < -0.39 is 0 Å². The van der Waals surface area contributed by atoms with Crippen LogP contribution in [-0.4, -0.2) is 67.9 Å². The molecule has 1 fully saturated rings. The van der Waals surface area contributed by atoms with Crippen molar-refractivity contribution < 1.29 is 9.90 Å². The minimum atomic E-state index is -0.260. The standard InChI is InChI=1S/C20H24N6O3/c1-24(2)20(29)25-9-5-7-14(12-25)26-18-15(11-21-26)19(28)23-17(22-18)10-13-6-3-4-8-16(13)27/h3-4,6,8,11,14,27H,5,7,9-10,12H2,1-2H3,(H,22,23,28). The SMILES string of the molecule is CN(C)C(=O)N1CCCC(n2ncc3c(=O)[nH]c(Cc4ccccc4O)nc32)C1. The van der Waals surface area contributed by atoms with Crippen molar-refractivity contribution in [3.63, 3.8) is 0 Å². The van der Waals surface area contributed by atoms with E-state index in [9.17, 15) is 14.7 Å². The summed E-state index contributed by atoms with van der Waals surface area (Å²) in [5.41, 5.74) is 0.925. The number of likely N-dealkylation sites (tertiary alicyclic amines) is 1. The number of aromatic nitrogens is 4. The number of piperidine rings is 1. The molecule has 4 rings (SSSR count). The van der Waals surface area contributed by atoms with Crippen LogP contribution in [-0.2, 0) is 6.42 Å². The maximum atomic E-state index is 12.6. The number of amides is 2. The lowest BCUT2D eigenvalue weighted by Crippen LogP contribution is -2.45. The van der Waals surface area contributed by atoms with Gasteiger partial charge in [0.25, 0.3) is 5.56 Å². The summed E-state index contributed by atoms with van der Waals surface area (Å²) in [7, 11) is 3.48. The van der Waals surface area contributed by atoms with Crippen molar-refractivity contribution in [2.45, 2.75) is 25.3 Å². The molecule has 29 heavy (non-hydrogen) atoms. The van der Waals surface area contributed by atoms with Gasteiger partial charge in [0, 0.05) is 39.2 Å². The van der Waals surface area contributed by atoms with E-state index >= 15 is 0 Å². The van der Waals surface area contributed by atoms with Gasteiger partial charge in [-0.25, -0.2) is 14.5 Å². The summed E-state index contributed by atoms with van der Waals surface area (Å²) >= 11 is 0. The fourth-order valence-electron chi connectivity index (χ4n) is 3.78. The van der Waals surface area contributed by atoms with Gasteiger partial charge >= 0.3 is 6.03 Å². The first-order valence-electron chi connectivity index (χ1n) is 9.63. The monoisotopic (exact) mass is 396 g/mol. The maximum Gasteiger partial charge on any atom is 0.319 e. The zero-order chi connectivity index (χ0) is 20.5. The van der Waals surface area contributed by atoms with Crippen LogP contribution in [0.4, 0.5) is 4.79 Å². The van der Waals surface area contributed by atoms with Gasteiger partial charge in [-0.2, -0.15) is 5.10 Å². The Kier molecular flexibility index (Phi) is 4.96. The zero-order valence-electron chi connectivity index (χ0n) is 16.5. The number of rotatable bonds is 3. The number of H-pyrrole nitrogens is 1. The average Bonchev–Trinajstić information content (AvgIpc) is 3.14. The summed E-state index contributed by atoms with van der Waals surface area (Å²) in [5.74, 6) is 0.622. The summed E-state index contributed by atoms with van der Waals surface area (Å²) in [6.07, 6.45) is 3.55. The Morgan fingerprint density at radius 3 is 2.90 bits per heavy atom. The Hall–Kier alpha value is -3.36. The second-order valence-corrected chi connectivity index (χ2v) is 7.56. The van der Waals surface area contributed by atoms with Gasteiger partial charge in [0.1, 0.15) is 17.0 Å². The molecule has 2 amide bonds. The van der Waals surface area contributed by atoms with Crippen LogP contribution in [0.1, 0.15) is 30.3 Å². The Bertz CT molecular complexity index is 1100. The van der Waals surface area contributed by atoms with Crippen molar-refractivity contribution >= 4 is 17.1 Å². The van der Waals surface area contributed by atoms with Gasteiger partial charge in [0.15, 0.2) is 5.65 Å². The number of nitrogens with zero attached hydrogens (tertiary/aromatic N) is 5. The fraction of sp³-hybridized carbons (Fsp3) is 0.400. The molecule has 9 nitrogen and oxygen atoms in total. The number of hydrogen-bond donors (Lipinski definition) is 2. The maximum absolute atomic E-state index is 12.6. The first kappa shape index (κ1) is 19.0. The number of para-hydroxylation sites is 1. The van der Waals surface area contributed by atoms with Gasteiger partial charge in [-0.15, -0.1) is 0 Å². The molecule has 1 saturated heterocycles. The number of aromatic hydroxyl groups is 1. The van der Waals surface area contributed by atoms with Crippen molar-refractivity contribution in [3.05, 3.63) is 52.2 Å². The Morgan fingerprint density at radius 1 is 1.34 bits per heavy atom. The number of carbonyl (C=O) groups excluding carboxylic acids is 1. The third kappa shape index (κ3) is 3.67. The average molecular weight is 396 g/mol. The Morgan fingerprint density at radius 2 is 2.14 bits per heavy atom. The second-order valence-electron chi connectivity index (χ2n) is 7.56. The molecular weight excluding hydrogens is 372 g/mol. The number of carbonyl (C=O) groups is 1. The van der Waals surface area contributed by atoms with Crippen molar-refractivity contribution in [2.75, 3.05) is 27.2 Å². The molecule has 3 aromatic rings. The summed E-state index contributed by atoms with van der Waals surface area (Å²) < 4.78 is 1.76. The van der Waals surface area contributed by atoms with Crippen LogP contribution >= 0.6 is 0 Å². The summed E-state index contributed by atoms with van der Waals surface area (Å²) in [6.45, 7) is 1.23. The molecule has 1 atom stereocenters. The van der Waals surface area contributed by atoms with Crippen molar-refractivity contribution in [3.8, 4) is 5.75 Å². The smallest absolute Gasteiger partial charge is 0.319 e. The van der Waals surface area contributed by atoms with E-state index in [2.05, 4.69) is 15.1 Å². The van der Waals surface area contributed by atoms with Crippen LogP contribution in [0, 0.1) is 0 Å². The van der Waals surface area contributed by atoms with Crippen LogP contribution in [0.5, 0.6) is 5.75 Å². The molecule has 0 radical (unpaired) electrons. The van der Waals surface area contributed by atoms with Crippen molar-refractivity contribution in [1.82, 2.24) is 29.5 Å². The lowest BCUT2D eigenvalue weighted by molar-refractivity contribution is 0.142. The fourth-order valence-corrected chi connectivity index (χ4v) is 3.78. The quantitative estimate of drug-likeness (QED) is 0.701. The molecule has 0 aliphatic carbocycles. The highest BCUT2D eigenvalue weighted by molar-refractivity contribution is 5.75. The molecule has 1 aromatic carbocycles. The summed E-state index contributed by atoms with van der Waals surface area (Å²) in [5, 5.41) is 14.9. The number of phenolic OH excluding ortho intramolecular Hbond substituents is 1. The van der Waals surface area contributed by atoms with E-state index in [1.54, 1.807) is 46.8 Å². The molecule has 0 saturated carbocycles. The first-order chi connectivity index (χ1) is 13.9. The predicted molar refractivity (Wildman–Crippen MR) is 108 cm³/mol. The van der Waals surface area contributed by atoms with E-state index in [-0.39, 0.29) is 23.4 Å². The van der Waals surface area contributed by atoms with Gasteiger partial charge in [-0.3, -0.25) is 4.79 Å². The van der Waals surface area contributed by atoms with Crippen LogP contribution < -0.4 is 5.56 Å². The molecule has 1 unspecified atom stereocenters. The third-order valence-corrected chi connectivity index (χ3v) is 5.26. The predicted octanol–water partition coefficient (Wildman–Crippen LogP) is 1.73. The molecule has 0 bridgehead atoms. The highest BCUT2D eigenvalue weighted by Gasteiger charge is 2.28. The van der Waals surface area contributed by atoms with E-state index in [0.29, 0.717) is 41.9 Å². The molecule has 2 aromatic heterocycles. The molecule has 1 aliphatic rings. The lowest BCUT2D eigenvalue weighted by atomic mass is 10.1. The molecule has 152 valence electrons. The highest BCUT2D eigenvalue weighted by Crippen LogP contribution is 2.25. The van der Waals surface area contributed by atoms with Gasteiger partial charge in [0.05, 0.1) is 12.2 Å². The molecule has 0 spiro atoms. The highest BCUT2D eigenvalue weighted by atomic mass is 16.3. The van der Waals surface area contributed by atoms with E-state index in [1.807, 2.05) is 6.07 Å². The minimum absolute atomic E-state index is 0.0304. The van der Waals surface area contributed by atoms with E-state index in [0.717, 1.165) is 12.8 Å². The molecule has 3 heterocycles. The van der Waals surface area contributed by atoms with Crippen molar-refractivity contribution in [1.29, 1.82) is 0 Å². The van der Waals surface area contributed by atoms with Crippen LogP contribution in [0.2, 0.25) is 0 Å². The first-order valence-corrected chi connectivity index (χ1v) is 9.63. The molecule has 2 N–H and O–H groups in total. The number of phenols is 1. The van der Waals surface area contributed by atoms with E-state index in [1.165, 1.54) is 6.20 Å². The van der Waals surface area contributed by atoms with Gasteiger partial charge in [0.2, 0.25) is 0 Å². The normalized spacial score (nSPS) is 16.9. The van der Waals surface area contributed by atoms with Gasteiger partial charge in [-0.1, -0.05) is 18.2 Å². The number of urea groups is 1.